The van der Waals surface area contributed by atoms with Crippen LogP contribution in [0.4, 0.5) is 11.8 Å². The molecule has 8 heteroatoms. The Bertz CT molecular complexity index is 607. The maximum Gasteiger partial charge on any atom is 0.240 e. The van der Waals surface area contributed by atoms with E-state index in [9.17, 15) is 0 Å². The molecule has 0 bridgehead atoms. The van der Waals surface area contributed by atoms with Crippen molar-refractivity contribution in [2.24, 2.45) is 0 Å². The molecule has 0 spiro atoms. The van der Waals surface area contributed by atoms with E-state index in [4.69, 9.17) is 4.52 Å². The highest BCUT2D eigenvalue weighted by atomic mass is 16.5. The van der Waals surface area contributed by atoms with Gasteiger partial charge in [-0.15, -0.1) is 0 Å². The number of anilines is 2. The van der Waals surface area contributed by atoms with Gasteiger partial charge in [0, 0.05) is 38.9 Å². The Hall–Kier alpha value is -2.22. The average molecular weight is 303 g/mol. The largest absolute Gasteiger partial charge is 0.354 e. The third-order valence-corrected chi connectivity index (χ3v) is 3.60. The van der Waals surface area contributed by atoms with Gasteiger partial charge in [0.1, 0.15) is 5.82 Å². The highest BCUT2D eigenvalue weighted by molar-refractivity contribution is 5.42. The van der Waals surface area contributed by atoms with Gasteiger partial charge in [0.25, 0.3) is 0 Å². The summed E-state index contributed by atoms with van der Waals surface area (Å²) in [7, 11) is 0. The molecule has 22 heavy (non-hydrogen) atoms. The minimum atomic E-state index is 0.683. The van der Waals surface area contributed by atoms with E-state index in [-0.39, 0.29) is 0 Å². The smallest absolute Gasteiger partial charge is 0.240 e. The maximum absolute atomic E-state index is 5.18. The fraction of sp³-hybridized carbons (Fsp3) is 0.571. The van der Waals surface area contributed by atoms with Crippen LogP contribution in [-0.4, -0.2) is 57.7 Å². The lowest BCUT2D eigenvalue weighted by Gasteiger charge is -2.34. The summed E-state index contributed by atoms with van der Waals surface area (Å²) in [5.74, 6) is 3.02. The molecule has 2 aromatic rings. The Morgan fingerprint density at radius 2 is 2.05 bits per heavy atom. The first-order valence-corrected chi connectivity index (χ1v) is 7.58. The molecule has 1 aliphatic rings. The number of aryl methyl sites for hydroxylation is 1. The molecule has 2 aromatic heterocycles. The Balaban J connectivity index is 1.56. The zero-order valence-electron chi connectivity index (χ0n) is 13.0. The van der Waals surface area contributed by atoms with Crippen LogP contribution in [0, 0.1) is 6.92 Å². The molecular weight excluding hydrogens is 282 g/mol. The van der Waals surface area contributed by atoms with Crippen LogP contribution >= 0.6 is 0 Å². The Labute approximate surface area is 129 Å². The van der Waals surface area contributed by atoms with Gasteiger partial charge in [0.05, 0.1) is 6.54 Å². The number of hydrogen-bond acceptors (Lipinski definition) is 8. The van der Waals surface area contributed by atoms with Gasteiger partial charge in [-0.3, -0.25) is 4.90 Å². The van der Waals surface area contributed by atoms with E-state index < -0.39 is 0 Å². The summed E-state index contributed by atoms with van der Waals surface area (Å²) in [6, 6.07) is 1.96. The van der Waals surface area contributed by atoms with Crippen molar-refractivity contribution in [2.45, 2.75) is 20.4 Å². The van der Waals surface area contributed by atoms with Gasteiger partial charge in [-0.25, -0.2) is 4.98 Å². The van der Waals surface area contributed by atoms with E-state index >= 15 is 0 Å². The van der Waals surface area contributed by atoms with Gasteiger partial charge in [0.15, 0.2) is 5.82 Å². The highest BCUT2D eigenvalue weighted by Crippen LogP contribution is 2.15. The molecule has 118 valence electrons. The summed E-state index contributed by atoms with van der Waals surface area (Å²) in [6.45, 7) is 9.15. The van der Waals surface area contributed by atoms with Gasteiger partial charge in [-0.2, -0.15) is 9.97 Å². The molecule has 1 saturated heterocycles. The molecule has 0 atom stereocenters. The van der Waals surface area contributed by atoms with Crippen LogP contribution in [0.15, 0.2) is 16.8 Å². The van der Waals surface area contributed by atoms with Crippen molar-refractivity contribution in [1.29, 1.82) is 0 Å². The van der Waals surface area contributed by atoms with Crippen molar-refractivity contribution in [3.63, 3.8) is 0 Å². The highest BCUT2D eigenvalue weighted by Gasteiger charge is 2.20. The number of piperazine rings is 1. The number of nitrogens with zero attached hydrogens (tertiary/aromatic N) is 6. The van der Waals surface area contributed by atoms with Gasteiger partial charge in [0.2, 0.25) is 11.8 Å². The lowest BCUT2D eigenvalue weighted by Crippen LogP contribution is -2.46. The topological polar surface area (TPSA) is 83.2 Å². The summed E-state index contributed by atoms with van der Waals surface area (Å²) < 4.78 is 5.18. The second-order valence-electron chi connectivity index (χ2n) is 5.27. The second-order valence-corrected chi connectivity index (χ2v) is 5.27. The molecule has 1 N–H and O–H groups in total. The number of rotatable bonds is 5. The summed E-state index contributed by atoms with van der Waals surface area (Å²) in [4.78, 5) is 17.6. The normalized spacial score (nSPS) is 16.0. The third kappa shape index (κ3) is 3.51. The Morgan fingerprint density at radius 1 is 1.23 bits per heavy atom. The summed E-state index contributed by atoms with van der Waals surface area (Å²) in [5.41, 5.74) is 0. The van der Waals surface area contributed by atoms with E-state index in [1.807, 2.05) is 19.9 Å². The fourth-order valence-corrected chi connectivity index (χ4v) is 2.50. The minimum absolute atomic E-state index is 0.683. The maximum atomic E-state index is 5.18. The number of aromatic nitrogens is 4. The molecule has 0 unspecified atom stereocenters. The van der Waals surface area contributed by atoms with E-state index in [2.05, 4.69) is 35.2 Å². The SMILES string of the molecule is CCNc1nccc(N2CCN(Cc3nc(C)no3)CC2)n1. The molecule has 3 heterocycles. The monoisotopic (exact) mass is 303 g/mol. The van der Waals surface area contributed by atoms with Crippen molar-refractivity contribution in [2.75, 3.05) is 42.9 Å². The van der Waals surface area contributed by atoms with Gasteiger partial charge >= 0.3 is 0 Å². The average Bonchev–Trinajstić information content (AvgIpc) is 2.94. The summed E-state index contributed by atoms with van der Waals surface area (Å²) in [5, 5.41) is 6.97. The van der Waals surface area contributed by atoms with Gasteiger partial charge in [-0.1, -0.05) is 5.16 Å². The third-order valence-electron chi connectivity index (χ3n) is 3.60. The zero-order chi connectivity index (χ0) is 15.4. The van der Waals surface area contributed by atoms with Gasteiger partial charge < -0.3 is 14.7 Å². The molecule has 0 aromatic carbocycles. The van der Waals surface area contributed by atoms with Crippen molar-refractivity contribution in [3.05, 3.63) is 24.0 Å². The van der Waals surface area contributed by atoms with Gasteiger partial charge in [-0.05, 0) is 19.9 Å². The molecule has 8 nitrogen and oxygen atoms in total. The van der Waals surface area contributed by atoms with Crippen molar-refractivity contribution in [1.82, 2.24) is 25.0 Å². The zero-order valence-corrected chi connectivity index (χ0v) is 13.0. The summed E-state index contributed by atoms with van der Waals surface area (Å²) >= 11 is 0. The molecule has 3 rings (SSSR count). The lowest BCUT2D eigenvalue weighted by molar-refractivity contribution is 0.215. The van der Waals surface area contributed by atoms with E-state index in [0.29, 0.717) is 24.2 Å². The Morgan fingerprint density at radius 3 is 2.73 bits per heavy atom. The van der Waals surface area contributed by atoms with Crippen LogP contribution in [-0.2, 0) is 6.54 Å². The predicted octanol–water partition coefficient (Wildman–Crippen LogP) is 0.922. The lowest BCUT2D eigenvalue weighted by atomic mass is 10.3. The Kier molecular flexibility index (Phi) is 4.47. The first kappa shape index (κ1) is 14.7. The first-order valence-electron chi connectivity index (χ1n) is 7.58. The van der Waals surface area contributed by atoms with Crippen LogP contribution in [0.1, 0.15) is 18.6 Å². The van der Waals surface area contributed by atoms with Crippen LogP contribution in [0.2, 0.25) is 0 Å². The molecule has 0 aliphatic carbocycles. The second kappa shape index (κ2) is 6.69. The van der Waals surface area contributed by atoms with Crippen LogP contribution in [0.3, 0.4) is 0 Å². The molecule has 0 radical (unpaired) electrons. The van der Waals surface area contributed by atoms with E-state index in [1.165, 1.54) is 0 Å². The van der Waals surface area contributed by atoms with E-state index in [0.717, 1.165) is 38.5 Å². The molecule has 1 fully saturated rings. The molecular formula is C14H21N7O. The summed E-state index contributed by atoms with van der Waals surface area (Å²) in [6.07, 6.45) is 1.80. The standard InChI is InChI=1S/C14H21N7O/c1-3-15-14-16-5-4-12(18-14)21-8-6-20(7-9-21)10-13-17-11(2)19-22-13/h4-5H,3,6-10H2,1-2H3,(H,15,16,18). The fourth-order valence-electron chi connectivity index (χ4n) is 2.50. The van der Waals surface area contributed by atoms with Crippen molar-refractivity contribution < 1.29 is 4.52 Å². The van der Waals surface area contributed by atoms with Crippen LogP contribution in [0.5, 0.6) is 0 Å². The quantitative estimate of drug-likeness (QED) is 0.873. The first-order chi connectivity index (χ1) is 10.7. The van der Waals surface area contributed by atoms with Crippen LogP contribution in [0.25, 0.3) is 0 Å². The number of hydrogen-bond donors (Lipinski definition) is 1. The predicted molar refractivity (Wildman–Crippen MR) is 82.7 cm³/mol. The molecule has 1 aliphatic heterocycles. The van der Waals surface area contributed by atoms with Crippen LogP contribution < -0.4 is 10.2 Å². The van der Waals surface area contributed by atoms with E-state index in [1.54, 1.807) is 6.20 Å². The molecule has 0 amide bonds. The van der Waals surface area contributed by atoms with Crippen molar-refractivity contribution in [3.8, 4) is 0 Å². The number of nitrogens with one attached hydrogen (secondary N) is 1. The minimum Gasteiger partial charge on any atom is -0.354 e. The van der Waals surface area contributed by atoms with Crippen molar-refractivity contribution >= 4 is 11.8 Å². The molecule has 0 saturated carbocycles.